The van der Waals surface area contributed by atoms with Gasteiger partial charge in [0.2, 0.25) is 5.88 Å². The van der Waals surface area contributed by atoms with E-state index in [4.69, 9.17) is 10.5 Å². The molecule has 0 unspecified atom stereocenters. The van der Waals surface area contributed by atoms with Gasteiger partial charge >= 0.3 is 0 Å². The van der Waals surface area contributed by atoms with E-state index in [0.717, 1.165) is 43.6 Å². The number of rotatable bonds is 5. The Bertz CT molecular complexity index is 937. The molecule has 0 spiro atoms. The number of aromatic nitrogens is 3. The van der Waals surface area contributed by atoms with Crippen molar-refractivity contribution in [2.24, 2.45) is 0 Å². The van der Waals surface area contributed by atoms with E-state index in [2.05, 4.69) is 27.3 Å². The number of ether oxygens (including phenoxy) is 1. The highest BCUT2D eigenvalue weighted by molar-refractivity contribution is 5.63. The molecule has 1 aliphatic heterocycles. The number of hydrogen-bond acceptors (Lipinski definition) is 6. The molecule has 3 N–H and O–H groups in total. The van der Waals surface area contributed by atoms with Crippen LogP contribution in [0.5, 0.6) is 11.6 Å². The fraction of sp³-hybridized carbons (Fsp3) is 0.368. The summed E-state index contributed by atoms with van der Waals surface area (Å²) in [6, 6.07) is 6.88. The minimum Gasteiger partial charge on any atom is -0.434 e. The normalized spacial score (nSPS) is 15.5. The second-order valence-electron chi connectivity index (χ2n) is 6.89. The lowest BCUT2D eigenvalue weighted by Gasteiger charge is -2.31. The summed E-state index contributed by atoms with van der Waals surface area (Å²) in [4.78, 5) is 6.58. The number of nitrogens with one attached hydrogen (secondary N) is 1. The van der Waals surface area contributed by atoms with Crippen LogP contribution in [-0.2, 0) is 6.54 Å². The predicted octanol–water partition coefficient (Wildman–Crippen LogP) is 2.43. The van der Waals surface area contributed by atoms with Gasteiger partial charge in [0.1, 0.15) is 11.8 Å². The largest absolute Gasteiger partial charge is 0.434 e. The Labute approximate surface area is 156 Å². The molecule has 142 valence electrons. The first-order valence-corrected chi connectivity index (χ1v) is 9.07. The maximum atomic E-state index is 14.1. The van der Waals surface area contributed by atoms with Gasteiger partial charge in [-0.15, -0.1) is 0 Å². The van der Waals surface area contributed by atoms with Gasteiger partial charge in [-0.25, -0.2) is 8.91 Å². The van der Waals surface area contributed by atoms with E-state index in [1.165, 1.54) is 18.5 Å². The molecule has 7 nitrogen and oxygen atoms in total. The average molecular weight is 370 g/mol. The van der Waals surface area contributed by atoms with Crippen LogP contribution in [0.3, 0.4) is 0 Å². The van der Waals surface area contributed by atoms with Gasteiger partial charge in [-0.2, -0.15) is 10.1 Å². The van der Waals surface area contributed by atoms with Crippen LogP contribution < -0.4 is 15.8 Å². The van der Waals surface area contributed by atoms with Crippen LogP contribution in [0, 0.1) is 5.82 Å². The monoisotopic (exact) mass is 370 g/mol. The van der Waals surface area contributed by atoms with Gasteiger partial charge in [0.05, 0.1) is 0 Å². The molecule has 0 saturated carbocycles. The highest BCUT2D eigenvalue weighted by Gasteiger charge is 2.20. The molecule has 1 saturated heterocycles. The molecule has 0 amide bonds. The van der Waals surface area contributed by atoms with Crippen molar-refractivity contribution in [2.75, 3.05) is 25.9 Å². The van der Waals surface area contributed by atoms with E-state index >= 15 is 0 Å². The molecule has 2 aromatic heterocycles. The van der Waals surface area contributed by atoms with Crippen molar-refractivity contribution in [3.05, 3.63) is 48.2 Å². The molecule has 1 fully saturated rings. The first-order chi connectivity index (χ1) is 13.1. The standard InChI is InChI=1S/C19H23FN6O/c1-25(15-4-7-22-8-5-15)11-13-6-9-26-18(13)19(23-12-24-26)27-17-3-2-14(21)10-16(17)20/h2-3,6,9-10,12,15,22H,4-5,7-8,11,21H2,1H3. The minimum absolute atomic E-state index is 0.0867. The van der Waals surface area contributed by atoms with Crippen LogP contribution in [0.25, 0.3) is 5.52 Å². The van der Waals surface area contributed by atoms with E-state index in [0.29, 0.717) is 17.6 Å². The minimum atomic E-state index is -0.522. The van der Waals surface area contributed by atoms with Crippen LogP contribution in [0.4, 0.5) is 10.1 Å². The van der Waals surface area contributed by atoms with E-state index in [9.17, 15) is 4.39 Å². The number of piperidine rings is 1. The third kappa shape index (κ3) is 3.72. The Morgan fingerprint density at radius 3 is 2.93 bits per heavy atom. The SMILES string of the molecule is CN(Cc1ccn2ncnc(Oc3ccc(N)cc3F)c12)C1CCNCC1. The summed E-state index contributed by atoms with van der Waals surface area (Å²) in [7, 11) is 2.13. The van der Waals surface area contributed by atoms with Gasteiger partial charge in [0.15, 0.2) is 11.6 Å². The van der Waals surface area contributed by atoms with Gasteiger partial charge < -0.3 is 15.8 Å². The zero-order valence-electron chi connectivity index (χ0n) is 15.2. The lowest BCUT2D eigenvalue weighted by atomic mass is 10.0. The quantitative estimate of drug-likeness (QED) is 0.672. The van der Waals surface area contributed by atoms with Gasteiger partial charge in [0.25, 0.3) is 0 Å². The Hall–Kier alpha value is -2.71. The summed E-state index contributed by atoms with van der Waals surface area (Å²) >= 11 is 0. The molecular weight excluding hydrogens is 347 g/mol. The number of nitrogen functional groups attached to an aromatic ring is 1. The van der Waals surface area contributed by atoms with E-state index in [-0.39, 0.29) is 5.75 Å². The Kier molecular flexibility index (Phi) is 4.91. The smallest absolute Gasteiger partial charge is 0.247 e. The third-order valence-electron chi connectivity index (χ3n) is 5.02. The lowest BCUT2D eigenvalue weighted by Crippen LogP contribution is -2.40. The molecule has 1 aliphatic rings. The molecule has 4 rings (SSSR count). The van der Waals surface area contributed by atoms with Crippen LogP contribution >= 0.6 is 0 Å². The summed E-state index contributed by atoms with van der Waals surface area (Å²) in [6.45, 7) is 2.83. The maximum Gasteiger partial charge on any atom is 0.247 e. The van der Waals surface area contributed by atoms with E-state index < -0.39 is 5.82 Å². The molecule has 0 atom stereocenters. The summed E-state index contributed by atoms with van der Waals surface area (Å²) in [6.07, 6.45) is 5.52. The lowest BCUT2D eigenvalue weighted by molar-refractivity contribution is 0.192. The maximum absolute atomic E-state index is 14.1. The molecule has 0 radical (unpaired) electrons. The molecule has 3 heterocycles. The Morgan fingerprint density at radius 1 is 1.33 bits per heavy atom. The van der Waals surface area contributed by atoms with Crippen molar-refractivity contribution < 1.29 is 9.13 Å². The Balaban J connectivity index is 1.62. The second kappa shape index (κ2) is 7.50. The molecule has 8 heteroatoms. The number of nitrogens with two attached hydrogens (primary N) is 1. The number of hydrogen-bond donors (Lipinski definition) is 2. The van der Waals surface area contributed by atoms with Crippen molar-refractivity contribution in [3.63, 3.8) is 0 Å². The number of anilines is 1. The summed E-state index contributed by atoms with van der Waals surface area (Å²) in [5.74, 6) is -0.109. The zero-order valence-corrected chi connectivity index (χ0v) is 15.2. The van der Waals surface area contributed by atoms with Crippen molar-refractivity contribution in [3.8, 4) is 11.6 Å². The van der Waals surface area contributed by atoms with Crippen LogP contribution in [-0.4, -0.2) is 45.7 Å². The fourth-order valence-corrected chi connectivity index (χ4v) is 3.54. The second-order valence-corrected chi connectivity index (χ2v) is 6.89. The highest BCUT2D eigenvalue weighted by atomic mass is 19.1. The first-order valence-electron chi connectivity index (χ1n) is 9.07. The Morgan fingerprint density at radius 2 is 2.15 bits per heavy atom. The fourth-order valence-electron chi connectivity index (χ4n) is 3.54. The first kappa shape index (κ1) is 17.7. The van der Waals surface area contributed by atoms with Crippen LogP contribution in [0.15, 0.2) is 36.8 Å². The summed E-state index contributed by atoms with van der Waals surface area (Å²) in [5.41, 5.74) is 7.75. The highest BCUT2D eigenvalue weighted by Crippen LogP contribution is 2.30. The van der Waals surface area contributed by atoms with Crippen LogP contribution in [0.2, 0.25) is 0 Å². The number of benzene rings is 1. The van der Waals surface area contributed by atoms with Gasteiger partial charge in [-0.3, -0.25) is 4.90 Å². The van der Waals surface area contributed by atoms with Crippen molar-refractivity contribution in [2.45, 2.75) is 25.4 Å². The summed E-state index contributed by atoms with van der Waals surface area (Å²) < 4.78 is 21.6. The number of nitrogens with zero attached hydrogens (tertiary/aromatic N) is 4. The number of fused-ring (bicyclic) bond motifs is 1. The predicted molar refractivity (Wildman–Crippen MR) is 101 cm³/mol. The molecule has 0 aliphatic carbocycles. The third-order valence-corrected chi connectivity index (χ3v) is 5.02. The molecule has 0 bridgehead atoms. The van der Waals surface area contributed by atoms with Crippen LogP contribution in [0.1, 0.15) is 18.4 Å². The topological polar surface area (TPSA) is 80.7 Å². The van der Waals surface area contributed by atoms with Crippen molar-refractivity contribution in [1.82, 2.24) is 24.8 Å². The molecule has 3 aromatic rings. The summed E-state index contributed by atoms with van der Waals surface area (Å²) in [5, 5.41) is 7.63. The van der Waals surface area contributed by atoms with Gasteiger partial charge in [-0.05, 0) is 56.7 Å². The zero-order chi connectivity index (χ0) is 18.8. The van der Waals surface area contributed by atoms with Gasteiger partial charge in [0, 0.05) is 30.5 Å². The van der Waals surface area contributed by atoms with E-state index in [1.54, 1.807) is 10.6 Å². The molecule has 1 aromatic carbocycles. The average Bonchev–Trinajstić information content (AvgIpc) is 3.08. The van der Waals surface area contributed by atoms with E-state index in [1.807, 2.05) is 12.3 Å². The van der Waals surface area contributed by atoms with Gasteiger partial charge in [-0.1, -0.05) is 0 Å². The van der Waals surface area contributed by atoms with Crippen molar-refractivity contribution in [1.29, 1.82) is 0 Å². The molecular formula is C19H23FN6O. The number of halogens is 1. The van der Waals surface area contributed by atoms with Crippen molar-refractivity contribution >= 4 is 11.2 Å². The molecule has 27 heavy (non-hydrogen) atoms.